The molecular formula is C20H27N5O2S2. The molecule has 1 aliphatic heterocycles. The minimum absolute atomic E-state index is 0.0625. The summed E-state index contributed by atoms with van der Waals surface area (Å²) in [7, 11) is -0.903. The van der Waals surface area contributed by atoms with E-state index in [2.05, 4.69) is 23.7 Å². The molecule has 9 heteroatoms. The molecule has 0 radical (unpaired) electrons. The molecule has 4 rings (SSSR count). The van der Waals surface area contributed by atoms with Gasteiger partial charge >= 0.3 is 0 Å². The largest absolute Gasteiger partial charge is 0.355 e. The molecule has 156 valence electrons. The van der Waals surface area contributed by atoms with Gasteiger partial charge in [0.2, 0.25) is 0 Å². The molecule has 4 heterocycles. The lowest BCUT2D eigenvalue weighted by atomic mass is 10.1. The molecule has 1 aliphatic rings. The van der Waals surface area contributed by atoms with Crippen LogP contribution >= 0.6 is 11.3 Å². The SMILES string of the molecule is Cc1nc(N(C)Cc2c(C)nn(C3CCS(=O)(=O)C3)c2C)c2c(C)c(C)sc2n1. The monoisotopic (exact) mass is 433 g/mol. The Morgan fingerprint density at radius 3 is 2.55 bits per heavy atom. The first-order valence-corrected chi connectivity index (χ1v) is 12.4. The van der Waals surface area contributed by atoms with E-state index in [1.807, 2.05) is 32.5 Å². The summed E-state index contributed by atoms with van der Waals surface area (Å²) in [6.07, 6.45) is 0.638. The van der Waals surface area contributed by atoms with Gasteiger partial charge in [0.15, 0.2) is 9.84 Å². The molecule has 1 unspecified atom stereocenters. The lowest BCUT2D eigenvalue weighted by Gasteiger charge is -2.20. The molecule has 0 N–H and O–H groups in total. The normalized spacial score (nSPS) is 18.6. The van der Waals surface area contributed by atoms with Crippen molar-refractivity contribution in [3.63, 3.8) is 0 Å². The number of nitrogens with zero attached hydrogens (tertiary/aromatic N) is 5. The van der Waals surface area contributed by atoms with Crippen LogP contribution in [0.3, 0.4) is 0 Å². The second-order valence-electron chi connectivity index (χ2n) is 8.06. The highest BCUT2D eigenvalue weighted by Crippen LogP contribution is 2.35. The van der Waals surface area contributed by atoms with Gasteiger partial charge in [0, 0.05) is 29.7 Å². The van der Waals surface area contributed by atoms with Gasteiger partial charge in [-0.05, 0) is 46.6 Å². The maximum atomic E-state index is 11.9. The third-order valence-electron chi connectivity index (χ3n) is 5.91. The first kappa shape index (κ1) is 20.3. The van der Waals surface area contributed by atoms with E-state index in [0.717, 1.165) is 38.8 Å². The van der Waals surface area contributed by atoms with Crippen LogP contribution in [0.15, 0.2) is 0 Å². The fourth-order valence-electron chi connectivity index (χ4n) is 4.17. The molecule has 0 aromatic carbocycles. The van der Waals surface area contributed by atoms with E-state index in [1.54, 1.807) is 11.3 Å². The topological polar surface area (TPSA) is 81.0 Å². The number of aromatic nitrogens is 4. The molecule has 0 bridgehead atoms. The van der Waals surface area contributed by atoms with Crippen LogP contribution in [0.2, 0.25) is 0 Å². The van der Waals surface area contributed by atoms with E-state index in [0.29, 0.717) is 13.0 Å². The van der Waals surface area contributed by atoms with Crippen molar-refractivity contribution in [2.75, 3.05) is 23.5 Å². The quantitative estimate of drug-likeness (QED) is 0.627. The second-order valence-corrected chi connectivity index (χ2v) is 11.5. The number of hydrogen-bond acceptors (Lipinski definition) is 7. The molecule has 29 heavy (non-hydrogen) atoms. The molecule has 0 aliphatic carbocycles. The average Bonchev–Trinajstić information content (AvgIpc) is 3.23. The standard InChI is InChI=1S/C20H27N5O2S2/c1-11-14(4)28-20-18(11)19(21-15(5)22-20)24(6)9-17-12(2)23-25(13(17)3)16-7-8-29(26,27)10-16/h16H,7-10H2,1-6H3. The molecule has 1 fully saturated rings. The van der Waals surface area contributed by atoms with Crippen molar-refractivity contribution in [2.45, 2.75) is 53.6 Å². The number of hydrogen-bond donors (Lipinski definition) is 0. The Labute approximate surface area is 175 Å². The Morgan fingerprint density at radius 1 is 1.17 bits per heavy atom. The van der Waals surface area contributed by atoms with Gasteiger partial charge in [0.25, 0.3) is 0 Å². The van der Waals surface area contributed by atoms with Gasteiger partial charge in [0.05, 0.1) is 28.6 Å². The zero-order valence-electron chi connectivity index (χ0n) is 17.8. The predicted molar refractivity (Wildman–Crippen MR) is 118 cm³/mol. The third kappa shape index (κ3) is 3.54. The summed E-state index contributed by atoms with van der Waals surface area (Å²) in [6.45, 7) is 10.9. The van der Waals surface area contributed by atoms with Crippen LogP contribution in [0.4, 0.5) is 5.82 Å². The van der Waals surface area contributed by atoms with Crippen LogP contribution in [0.1, 0.15) is 45.7 Å². The first-order chi connectivity index (χ1) is 13.6. The van der Waals surface area contributed by atoms with Crippen LogP contribution in [0.25, 0.3) is 10.2 Å². The van der Waals surface area contributed by atoms with Crippen LogP contribution in [-0.2, 0) is 16.4 Å². The number of anilines is 1. The molecular weight excluding hydrogens is 406 g/mol. The summed E-state index contributed by atoms with van der Waals surface area (Å²) in [4.78, 5) is 13.8. The second kappa shape index (κ2) is 7.05. The van der Waals surface area contributed by atoms with Crippen molar-refractivity contribution >= 4 is 37.2 Å². The van der Waals surface area contributed by atoms with Gasteiger partial charge in [-0.15, -0.1) is 11.3 Å². The first-order valence-electron chi connectivity index (χ1n) is 9.78. The molecule has 3 aromatic rings. The van der Waals surface area contributed by atoms with E-state index >= 15 is 0 Å². The number of aryl methyl sites for hydroxylation is 4. The van der Waals surface area contributed by atoms with Gasteiger partial charge < -0.3 is 4.90 Å². The average molecular weight is 434 g/mol. The van der Waals surface area contributed by atoms with Crippen molar-refractivity contribution in [2.24, 2.45) is 0 Å². The molecule has 0 saturated carbocycles. The van der Waals surface area contributed by atoms with Crippen LogP contribution in [0, 0.1) is 34.6 Å². The maximum Gasteiger partial charge on any atom is 0.152 e. The fourth-order valence-corrected chi connectivity index (χ4v) is 6.93. The molecule has 1 saturated heterocycles. The molecule has 0 spiro atoms. The highest BCUT2D eigenvalue weighted by molar-refractivity contribution is 7.91. The van der Waals surface area contributed by atoms with Gasteiger partial charge in [-0.3, -0.25) is 4.68 Å². The highest BCUT2D eigenvalue weighted by atomic mass is 32.2. The smallest absolute Gasteiger partial charge is 0.152 e. The molecule has 7 nitrogen and oxygen atoms in total. The lowest BCUT2D eigenvalue weighted by Crippen LogP contribution is -2.20. The Morgan fingerprint density at radius 2 is 1.90 bits per heavy atom. The number of rotatable bonds is 4. The Bertz CT molecular complexity index is 1210. The molecule has 3 aromatic heterocycles. The van der Waals surface area contributed by atoms with E-state index in [9.17, 15) is 8.42 Å². The van der Waals surface area contributed by atoms with E-state index < -0.39 is 9.84 Å². The van der Waals surface area contributed by atoms with Gasteiger partial charge in [-0.1, -0.05) is 0 Å². The van der Waals surface area contributed by atoms with Crippen LogP contribution in [-0.4, -0.2) is 46.7 Å². The van der Waals surface area contributed by atoms with Gasteiger partial charge in [-0.25, -0.2) is 18.4 Å². The van der Waals surface area contributed by atoms with E-state index in [4.69, 9.17) is 10.1 Å². The maximum absolute atomic E-state index is 11.9. The Hall–Kier alpha value is -2.00. The van der Waals surface area contributed by atoms with Crippen LogP contribution in [0.5, 0.6) is 0 Å². The van der Waals surface area contributed by atoms with Crippen molar-refractivity contribution in [3.05, 3.63) is 33.2 Å². The summed E-state index contributed by atoms with van der Waals surface area (Å²) in [5, 5.41) is 5.82. The van der Waals surface area contributed by atoms with Gasteiger partial charge in [0.1, 0.15) is 16.5 Å². The van der Waals surface area contributed by atoms with E-state index in [-0.39, 0.29) is 17.5 Å². The highest BCUT2D eigenvalue weighted by Gasteiger charge is 2.31. The predicted octanol–water partition coefficient (Wildman–Crippen LogP) is 3.43. The Kier molecular flexibility index (Phi) is 4.93. The van der Waals surface area contributed by atoms with Crippen molar-refractivity contribution in [1.29, 1.82) is 0 Å². The molecule has 1 atom stereocenters. The van der Waals surface area contributed by atoms with E-state index in [1.165, 1.54) is 10.4 Å². The zero-order valence-corrected chi connectivity index (χ0v) is 19.4. The lowest BCUT2D eigenvalue weighted by molar-refractivity contribution is 0.485. The number of fused-ring (bicyclic) bond motifs is 1. The fraction of sp³-hybridized carbons (Fsp3) is 0.550. The Balaban J connectivity index is 1.70. The minimum atomic E-state index is -2.95. The minimum Gasteiger partial charge on any atom is -0.355 e. The summed E-state index contributed by atoms with van der Waals surface area (Å²) in [5.74, 6) is 2.13. The van der Waals surface area contributed by atoms with Crippen molar-refractivity contribution in [3.8, 4) is 0 Å². The summed E-state index contributed by atoms with van der Waals surface area (Å²) < 4.78 is 25.7. The number of sulfone groups is 1. The number of thiophene rings is 1. The van der Waals surface area contributed by atoms with Crippen molar-refractivity contribution < 1.29 is 8.42 Å². The third-order valence-corrected chi connectivity index (χ3v) is 8.76. The molecule has 0 amide bonds. The zero-order chi connectivity index (χ0) is 21.1. The summed E-state index contributed by atoms with van der Waals surface area (Å²) in [5.41, 5.74) is 4.34. The van der Waals surface area contributed by atoms with Crippen molar-refractivity contribution in [1.82, 2.24) is 19.7 Å². The van der Waals surface area contributed by atoms with Gasteiger partial charge in [-0.2, -0.15) is 5.10 Å². The van der Waals surface area contributed by atoms with Crippen LogP contribution < -0.4 is 4.90 Å². The summed E-state index contributed by atoms with van der Waals surface area (Å²) in [6, 6.07) is -0.0625. The summed E-state index contributed by atoms with van der Waals surface area (Å²) >= 11 is 1.71.